The second kappa shape index (κ2) is 6.42. The molecule has 1 aliphatic rings. The van der Waals surface area contributed by atoms with Crippen LogP contribution in [0.1, 0.15) is 18.4 Å². The number of hydrogen-bond donors (Lipinski definition) is 1. The van der Waals surface area contributed by atoms with Gasteiger partial charge in [0.2, 0.25) is 5.91 Å². The van der Waals surface area contributed by atoms with Gasteiger partial charge in [0.15, 0.2) is 0 Å². The lowest BCUT2D eigenvalue weighted by Gasteiger charge is -2.31. The largest absolute Gasteiger partial charge is 0.340 e. The number of carbonyl (C=O) groups is 1. The Labute approximate surface area is 136 Å². The molecule has 6 heteroatoms. The Morgan fingerprint density at radius 3 is 3.24 bits per heavy atom. The van der Waals surface area contributed by atoms with Crippen molar-refractivity contribution in [2.45, 2.75) is 25.8 Å². The highest BCUT2D eigenvalue weighted by atomic mass is 79.9. The molecule has 1 unspecified atom stereocenters. The van der Waals surface area contributed by atoms with Crippen LogP contribution in [0.25, 0.3) is 10.2 Å². The Hall–Kier alpha value is -0.980. The standard InChI is InChI=1S/C15H18BrN3OS/c1-10-9-19(7-6-17-10)15(20)5-4-14-18-12-8-11(16)2-3-13(12)21-14/h2-3,8,10,17H,4-7,9H2,1H3. The van der Waals surface area contributed by atoms with E-state index in [4.69, 9.17) is 0 Å². The van der Waals surface area contributed by atoms with E-state index in [2.05, 4.69) is 39.2 Å². The third-order valence-electron chi connectivity index (χ3n) is 3.67. The maximum Gasteiger partial charge on any atom is 0.223 e. The number of nitrogens with zero attached hydrogens (tertiary/aromatic N) is 2. The van der Waals surface area contributed by atoms with Gasteiger partial charge in [-0.2, -0.15) is 0 Å². The lowest BCUT2D eigenvalue weighted by atomic mass is 10.2. The molecule has 112 valence electrons. The molecule has 2 heterocycles. The Kier molecular flexibility index (Phi) is 4.57. The van der Waals surface area contributed by atoms with Crippen molar-refractivity contribution >= 4 is 43.4 Å². The van der Waals surface area contributed by atoms with Gasteiger partial charge in [0.1, 0.15) is 0 Å². The van der Waals surface area contributed by atoms with E-state index in [1.165, 1.54) is 4.70 Å². The maximum atomic E-state index is 12.3. The lowest BCUT2D eigenvalue weighted by molar-refractivity contribution is -0.132. The molecule has 2 aromatic rings. The molecular weight excluding hydrogens is 350 g/mol. The van der Waals surface area contributed by atoms with Gasteiger partial charge in [-0.15, -0.1) is 11.3 Å². The highest BCUT2D eigenvalue weighted by molar-refractivity contribution is 9.10. The van der Waals surface area contributed by atoms with Crippen molar-refractivity contribution in [3.05, 3.63) is 27.7 Å². The van der Waals surface area contributed by atoms with E-state index in [-0.39, 0.29) is 5.91 Å². The van der Waals surface area contributed by atoms with Crippen LogP contribution in [0.4, 0.5) is 0 Å². The monoisotopic (exact) mass is 367 g/mol. The summed E-state index contributed by atoms with van der Waals surface area (Å²) in [5, 5.41) is 4.40. The molecule has 3 rings (SSSR count). The van der Waals surface area contributed by atoms with Gasteiger partial charge in [-0.1, -0.05) is 15.9 Å². The normalized spacial score (nSPS) is 19.1. The highest BCUT2D eigenvalue weighted by Gasteiger charge is 2.20. The molecule has 0 aliphatic carbocycles. The number of aromatic nitrogens is 1. The van der Waals surface area contributed by atoms with E-state index in [9.17, 15) is 4.79 Å². The topological polar surface area (TPSA) is 45.2 Å². The fraction of sp³-hybridized carbons (Fsp3) is 0.467. The fourth-order valence-corrected chi connectivity index (χ4v) is 3.88. The lowest BCUT2D eigenvalue weighted by Crippen LogP contribution is -2.51. The second-order valence-corrected chi connectivity index (χ2v) is 7.45. The summed E-state index contributed by atoms with van der Waals surface area (Å²) in [6.07, 6.45) is 1.28. The maximum absolute atomic E-state index is 12.3. The number of halogens is 1. The molecule has 4 nitrogen and oxygen atoms in total. The Morgan fingerprint density at radius 1 is 1.57 bits per heavy atom. The molecule has 0 saturated carbocycles. The minimum atomic E-state index is 0.240. The molecule has 1 fully saturated rings. The average Bonchev–Trinajstić information content (AvgIpc) is 2.86. The zero-order valence-corrected chi connectivity index (χ0v) is 14.3. The molecule has 1 amide bonds. The van der Waals surface area contributed by atoms with Crippen molar-refractivity contribution in [1.29, 1.82) is 0 Å². The Morgan fingerprint density at radius 2 is 2.43 bits per heavy atom. The van der Waals surface area contributed by atoms with Gasteiger partial charge in [0.25, 0.3) is 0 Å². The van der Waals surface area contributed by atoms with Crippen LogP contribution >= 0.6 is 27.3 Å². The number of rotatable bonds is 3. The van der Waals surface area contributed by atoms with Crippen molar-refractivity contribution < 1.29 is 4.79 Å². The van der Waals surface area contributed by atoms with Crippen LogP contribution < -0.4 is 5.32 Å². The molecule has 0 radical (unpaired) electrons. The molecule has 0 bridgehead atoms. The Balaban J connectivity index is 1.61. The summed E-state index contributed by atoms with van der Waals surface area (Å²) in [7, 11) is 0. The number of amides is 1. The molecule has 1 atom stereocenters. The third-order valence-corrected chi connectivity index (χ3v) is 5.26. The summed E-state index contributed by atoms with van der Waals surface area (Å²) in [5.74, 6) is 0.240. The average molecular weight is 368 g/mol. The Bertz CT molecular complexity index is 657. The smallest absolute Gasteiger partial charge is 0.223 e. The first-order chi connectivity index (χ1) is 10.1. The summed E-state index contributed by atoms with van der Waals surface area (Å²) >= 11 is 5.14. The summed E-state index contributed by atoms with van der Waals surface area (Å²) < 4.78 is 2.22. The molecule has 0 spiro atoms. The molecule has 1 aliphatic heterocycles. The molecule has 1 aromatic carbocycles. The van der Waals surface area contributed by atoms with Crippen molar-refractivity contribution in [2.75, 3.05) is 19.6 Å². The van der Waals surface area contributed by atoms with Gasteiger partial charge >= 0.3 is 0 Å². The van der Waals surface area contributed by atoms with Crippen LogP contribution in [-0.4, -0.2) is 41.5 Å². The van der Waals surface area contributed by atoms with Crippen LogP contribution in [0.3, 0.4) is 0 Å². The van der Waals surface area contributed by atoms with Crippen molar-refractivity contribution in [2.24, 2.45) is 0 Å². The quantitative estimate of drug-likeness (QED) is 0.906. The van der Waals surface area contributed by atoms with E-state index < -0.39 is 0 Å². The third kappa shape index (κ3) is 3.62. The number of nitrogens with one attached hydrogen (secondary N) is 1. The van der Waals surface area contributed by atoms with Crippen molar-refractivity contribution in [3.8, 4) is 0 Å². The second-order valence-electron chi connectivity index (χ2n) is 5.41. The summed E-state index contributed by atoms with van der Waals surface area (Å²) in [6.45, 7) is 4.63. The van der Waals surface area contributed by atoms with Gasteiger partial charge in [-0.3, -0.25) is 4.79 Å². The summed E-state index contributed by atoms with van der Waals surface area (Å²) in [6, 6.07) is 6.51. The van der Waals surface area contributed by atoms with Gasteiger partial charge in [0.05, 0.1) is 15.2 Å². The van der Waals surface area contributed by atoms with E-state index in [1.807, 2.05) is 17.0 Å². The van der Waals surface area contributed by atoms with Crippen LogP contribution in [0.2, 0.25) is 0 Å². The number of aryl methyl sites for hydroxylation is 1. The van der Waals surface area contributed by atoms with Gasteiger partial charge in [0, 0.05) is 43.0 Å². The van der Waals surface area contributed by atoms with Crippen LogP contribution in [0, 0.1) is 0 Å². The number of benzene rings is 1. The zero-order chi connectivity index (χ0) is 14.8. The van der Waals surface area contributed by atoms with E-state index >= 15 is 0 Å². The van der Waals surface area contributed by atoms with E-state index in [0.29, 0.717) is 12.5 Å². The van der Waals surface area contributed by atoms with Gasteiger partial charge in [-0.25, -0.2) is 4.98 Å². The SMILES string of the molecule is CC1CN(C(=O)CCc2nc3cc(Br)ccc3s2)CCN1. The number of fused-ring (bicyclic) bond motifs is 1. The molecule has 1 aromatic heterocycles. The summed E-state index contributed by atoms with van der Waals surface area (Å²) in [5.41, 5.74) is 1.01. The molecule has 1 N–H and O–H groups in total. The first kappa shape index (κ1) is 14.9. The van der Waals surface area contributed by atoms with Gasteiger partial charge < -0.3 is 10.2 Å². The van der Waals surface area contributed by atoms with Gasteiger partial charge in [-0.05, 0) is 25.1 Å². The number of thiazole rings is 1. The molecule has 21 heavy (non-hydrogen) atoms. The van der Waals surface area contributed by atoms with E-state index in [0.717, 1.165) is 41.1 Å². The first-order valence-electron chi connectivity index (χ1n) is 7.18. The van der Waals surface area contributed by atoms with Crippen LogP contribution in [0.5, 0.6) is 0 Å². The molecule has 1 saturated heterocycles. The van der Waals surface area contributed by atoms with Crippen molar-refractivity contribution in [3.63, 3.8) is 0 Å². The highest BCUT2D eigenvalue weighted by Crippen LogP contribution is 2.26. The number of hydrogen-bond acceptors (Lipinski definition) is 4. The van der Waals surface area contributed by atoms with Crippen LogP contribution in [0.15, 0.2) is 22.7 Å². The fourth-order valence-electron chi connectivity index (χ4n) is 2.59. The summed E-state index contributed by atoms with van der Waals surface area (Å²) in [4.78, 5) is 18.8. The molecular formula is C15H18BrN3OS. The minimum Gasteiger partial charge on any atom is -0.340 e. The zero-order valence-electron chi connectivity index (χ0n) is 11.9. The minimum absolute atomic E-state index is 0.240. The number of carbonyl (C=O) groups excluding carboxylic acids is 1. The van der Waals surface area contributed by atoms with E-state index in [1.54, 1.807) is 11.3 Å². The number of piperazine rings is 1. The predicted molar refractivity (Wildman–Crippen MR) is 89.7 cm³/mol. The predicted octanol–water partition coefficient (Wildman–Crippen LogP) is 2.81. The van der Waals surface area contributed by atoms with Crippen molar-refractivity contribution in [1.82, 2.24) is 15.2 Å². The van der Waals surface area contributed by atoms with Crippen LogP contribution in [-0.2, 0) is 11.2 Å². The first-order valence-corrected chi connectivity index (χ1v) is 8.79.